The number of nitrogens with zero attached hydrogens (tertiary/aromatic N) is 2. The molecule has 0 fully saturated rings. The van der Waals surface area contributed by atoms with Gasteiger partial charge < -0.3 is 9.73 Å². The van der Waals surface area contributed by atoms with E-state index in [-0.39, 0.29) is 5.91 Å². The minimum atomic E-state index is -3.30. The van der Waals surface area contributed by atoms with E-state index in [1.807, 2.05) is 0 Å². The molecule has 1 N–H and O–H groups in total. The summed E-state index contributed by atoms with van der Waals surface area (Å²) in [5, 5.41) is 2.84. The Hall–Kier alpha value is -2.87. The average Bonchev–Trinajstić information content (AvgIpc) is 3.15. The van der Waals surface area contributed by atoms with Gasteiger partial charge in [-0.15, -0.1) is 0 Å². The summed E-state index contributed by atoms with van der Waals surface area (Å²) in [6, 6.07) is 10.3. The van der Waals surface area contributed by atoms with Crippen LogP contribution in [0.5, 0.6) is 0 Å². The zero-order valence-electron chi connectivity index (χ0n) is 14.3. The van der Waals surface area contributed by atoms with Gasteiger partial charge in [-0.1, -0.05) is 0 Å². The van der Waals surface area contributed by atoms with Crippen LogP contribution in [0.2, 0.25) is 0 Å². The minimum Gasteiger partial charge on any atom is -0.441 e. The number of fused-ring (bicyclic) bond motifs is 2. The van der Waals surface area contributed by atoms with E-state index >= 15 is 0 Å². The molecule has 7 nitrogen and oxygen atoms in total. The largest absolute Gasteiger partial charge is 0.441 e. The molecule has 1 aromatic heterocycles. The van der Waals surface area contributed by atoms with Crippen molar-refractivity contribution in [1.82, 2.24) is 4.98 Å². The van der Waals surface area contributed by atoms with Gasteiger partial charge >= 0.3 is 0 Å². The minimum absolute atomic E-state index is 0.259. The van der Waals surface area contributed by atoms with E-state index in [9.17, 15) is 13.2 Å². The average molecular weight is 371 g/mol. The van der Waals surface area contributed by atoms with E-state index in [0.717, 1.165) is 5.56 Å². The van der Waals surface area contributed by atoms with Crippen LogP contribution in [0.15, 0.2) is 40.8 Å². The molecule has 134 valence electrons. The SMILES string of the molecule is Cc1nc2cc(NC(=O)c3ccc4c(c3)CCN4S(C)(=O)=O)ccc2o1. The highest BCUT2D eigenvalue weighted by Gasteiger charge is 2.26. The van der Waals surface area contributed by atoms with Crippen molar-refractivity contribution in [1.29, 1.82) is 0 Å². The second-order valence-electron chi connectivity index (χ2n) is 6.30. The molecule has 26 heavy (non-hydrogen) atoms. The number of nitrogens with one attached hydrogen (secondary N) is 1. The van der Waals surface area contributed by atoms with Crippen molar-refractivity contribution in [3.05, 3.63) is 53.4 Å². The molecular formula is C18H17N3O4S. The number of amides is 1. The smallest absolute Gasteiger partial charge is 0.255 e. The normalized spacial score (nSPS) is 13.8. The van der Waals surface area contributed by atoms with Crippen LogP contribution in [0, 0.1) is 6.92 Å². The number of aryl methyl sites for hydroxylation is 1. The van der Waals surface area contributed by atoms with Crippen molar-refractivity contribution in [2.75, 3.05) is 22.4 Å². The summed E-state index contributed by atoms with van der Waals surface area (Å²) in [6.45, 7) is 2.17. The third-order valence-electron chi connectivity index (χ3n) is 4.35. The van der Waals surface area contributed by atoms with Gasteiger partial charge in [-0.2, -0.15) is 0 Å². The second kappa shape index (κ2) is 5.84. The van der Waals surface area contributed by atoms with Gasteiger partial charge in [0.25, 0.3) is 5.91 Å². The first kappa shape index (κ1) is 16.6. The molecule has 0 bridgehead atoms. The third-order valence-corrected chi connectivity index (χ3v) is 5.53. The molecule has 2 heterocycles. The monoisotopic (exact) mass is 371 g/mol. The van der Waals surface area contributed by atoms with Gasteiger partial charge in [-0.3, -0.25) is 9.10 Å². The summed E-state index contributed by atoms with van der Waals surface area (Å²) in [4.78, 5) is 16.8. The van der Waals surface area contributed by atoms with Crippen molar-refractivity contribution in [2.45, 2.75) is 13.3 Å². The standard InChI is InChI=1S/C18H17N3O4S/c1-11-19-15-10-14(4-6-17(15)25-11)20-18(22)13-3-5-16-12(9-13)7-8-21(16)26(2,23)24/h3-6,9-10H,7-8H2,1-2H3,(H,20,22). The Balaban J connectivity index is 1.58. The number of sulfonamides is 1. The first-order chi connectivity index (χ1) is 12.3. The summed E-state index contributed by atoms with van der Waals surface area (Å²) >= 11 is 0. The van der Waals surface area contributed by atoms with E-state index < -0.39 is 10.0 Å². The summed E-state index contributed by atoms with van der Waals surface area (Å²) in [6.07, 6.45) is 1.78. The lowest BCUT2D eigenvalue weighted by Crippen LogP contribution is -2.27. The molecule has 0 radical (unpaired) electrons. The van der Waals surface area contributed by atoms with Gasteiger partial charge in [-0.25, -0.2) is 13.4 Å². The quantitative estimate of drug-likeness (QED) is 0.764. The number of hydrogen-bond donors (Lipinski definition) is 1. The van der Waals surface area contributed by atoms with E-state index in [4.69, 9.17) is 4.42 Å². The van der Waals surface area contributed by atoms with Gasteiger partial charge in [0, 0.05) is 24.7 Å². The fraction of sp³-hybridized carbons (Fsp3) is 0.222. The molecule has 8 heteroatoms. The Bertz CT molecular complexity index is 1130. The van der Waals surface area contributed by atoms with Crippen LogP contribution in [-0.2, 0) is 16.4 Å². The fourth-order valence-corrected chi connectivity index (χ4v) is 4.14. The zero-order valence-corrected chi connectivity index (χ0v) is 15.1. The molecule has 1 aliphatic rings. The summed E-state index contributed by atoms with van der Waals surface area (Å²) in [7, 11) is -3.30. The Morgan fingerprint density at radius 2 is 2.04 bits per heavy atom. The van der Waals surface area contributed by atoms with E-state index in [1.165, 1.54) is 10.6 Å². The van der Waals surface area contributed by atoms with E-state index in [1.54, 1.807) is 43.3 Å². The van der Waals surface area contributed by atoms with Crippen LogP contribution >= 0.6 is 0 Å². The number of benzene rings is 2. The zero-order chi connectivity index (χ0) is 18.5. The van der Waals surface area contributed by atoms with Gasteiger partial charge in [0.05, 0.1) is 11.9 Å². The van der Waals surface area contributed by atoms with Crippen molar-refractivity contribution < 1.29 is 17.6 Å². The van der Waals surface area contributed by atoms with Crippen molar-refractivity contribution in [3.8, 4) is 0 Å². The molecule has 0 saturated carbocycles. The molecule has 4 rings (SSSR count). The number of oxazole rings is 1. The Labute approximate surface area is 150 Å². The number of rotatable bonds is 3. The van der Waals surface area contributed by atoms with Gasteiger partial charge in [-0.05, 0) is 48.4 Å². The Morgan fingerprint density at radius 3 is 2.81 bits per heavy atom. The lowest BCUT2D eigenvalue weighted by molar-refractivity contribution is 0.102. The molecule has 1 aliphatic heterocycles. The van der Waals surface area contributed by atoms with Crippen LogP contribution in [0.4, 0.5) is 11.4 Å². The number of hydrogen-bond acceptors (Lipinski definition) is 5. The highest BCUT2D eigenvalue weighted by molar-refractivity contribution is 7.92. The number of aromatic nitrogens is 1. The molecule has 0 unspecified atom stereocenters. The molecule has 2 aromatic carbocycles. The van der Waals surface area contributed by atoms with E-state index in [2.05, 4.69) is 10.3 Å². The lowest BCUT2D eigenvalue weighted by Gasteiger charge is -2.16. The molecule has 0 spiro atoms. The van der Waals surface area contributed by atoms with E-state index in [0.29, 0.717) is 46.9 Å². The number of carbonyl (C=O) groups excluding carboxylic acids is 1. The predicted octanol–water partition coefficient (Wildman–Crippen LogP) is 2.71. The van der Waals surface area contributed by atoms with Crippen LogP contribution in [-0.4, -0.2) is 32.1 Å². The summed E-state index contributed by atoms with van der Waals surface area (Å²) in [5.74, 6) is 0.308. The second-order valence-corrected chi connectivity index (χ2v) is 8.20. The maximum atomic E-state index is 12.5. The number of carbonyl (C=O) groups is 1. The summed E-state index contributed by atoms with van der Waals surface area (Å²) < 4.78 is 30.4. The molecule has 1 amide bonds. The molecule has 0 saturated heterocycles. The molecule has 3 aromatic rings. The van der Waals surface area contributed by atoms with Crippen molar-refractivity contribution in [2.24, 2.45) is 0 Å². The predicted molar refractivity (Wildman–Crippen MR) is 99.0 cm³/mol. The first-order valence-electron chi connectivity index (χ1n) is 8.10. The van der Waals surface area contributed by atoms with Crippen LogP contribution in [0.1, 0.15) is 21.8 Å². The van der Waals surface area contributed by atoms with Gasteiger partial charge in [0.1, 0.15) is 5.52 Å². The topological polar surface area (TPSA) is 92.5 Å². The van der Waals surface area contributed by atoms with Crippen LogP contribution in [0.3, 0.4) is 0 Å². The lowest BCUT2D eigenvalue weighted by atomic mass is 10.1. The summed E-state index contributed by atoms with van der Waals surface area (Å²) in [5.41, 5.74) is 3.94. The highest BCUT2D eigenvalue weighted by Crippen LogP contribution is 2.31. The molecule has 0 atom stereocenters. The first-order valence-corrected chi connectivity index (χ1v) is 9.95. The maximum Gasteiger partial charge on any atom is 0.255 e. The number of anilines is 2. The fourth-order valence-electron chi connectivity index (χ4n) is 3.18. The Morgan fingerprint density at radius 1 is 1.23 bits per heavy atom. The third kappa shape index (κ3) is 2.92. The highest BCUT2D eigenvalue weighted by atomic mass is 32.2. The Kier molecular flexibility index (Phi) is 3.73. The van der Waals surface area contributed by atoms with Gasteiger partial charge in [0.15, 0.2) is 11.5 Å². The van der Waals surface area contributed by atoms with Crippen LogP contribution < -0.4 is 9.62 Å². The van der Waals surface area contributed by atoms with Gasteiger partial charge in [0.2, 0.25) is 10.0 Å². The maximum absolute atomic E-state index is 12.5. The molecule has 0 aliphatic carbocycles. The van der Waals surface area contributed by atoms with Crippen molar-refractivity contribution in [3.63, 3.8) is 0 Å². The molecular weight excluding hydrogens is 354 g/mol. The van der Waals surface area contributed by atoms with Crippen molar-refractivity contribution >= 4 is 38.4 Å². The van der Waals surface area contributed by atoms with Crippen LogP contribution in [0.25, 0.3) is 11.1 Å².